The van der Waals surface area contributed by atoms with E-state index < -0.39 is 16.1 Å². The zero-order valence-electron chi connectivity index (χ0n) is 16.5. The molecule has 1 heterocycles. The number of ether oxygens (including phenoxy) is 1. The summed E-state index contributed by atoms with van der Waals surface area (Å²) >= 11 is 12.5. The molecule has 1 aliphatic rings. The molecule has 3 aromatic rings. The first kappa shape index (κ1) is 21.5. The fourth-order valence-corrected chi connectivity index (χ4v) is 5.78. The molecular formula is C22H18Cl2N2O4S. The molecule has 0 saturated carbocycles. The quantitative estimate of drug-likeness (QED) is 0.498. The first-order chi connectivity index (χ1) is 14.8. The number of hydrogen-bond donors (Lipinski definition) is 0. The molecule has 0 fully saturated rings. The van der Waals surface area contributed by atoms with Gasteiger partial charge in [-0.25, -0.2) is 17.5 Å². The average molecular weight is 477 g/mol. The fourth-order valence-electron chi connectivity index (χ4n) is 3.42. The van der Waals surface area contributed by atoms with Crippen LogP contribution < -0.4 is 9.64 Å². The Kier molecular flexibility index (Phi) is 5.83. The van der Waals surface area contributed by atoms with Crippen LogP contribution in [-0.2, 0) is 23.1 Å². The second-order valence-electron chi connectivity index (χ2n) is 6.95. The Morgan fingerprint density at radius 1 is 0.903 bits per heavy atom. The Morgan fingerprint density at radius 3 is 2.19 bits per heavy atom. The molecule has 6 nitrogen and oxygen atoms in total. The van der Waals surface area contributed by atoms with E-state index in [1.807, 2.05) is 30.3 Å². The number of fused-ring (bicyclic) bond motifs is 1. The summed E-state index contributed by atoms with van der Waals surface area (Å²) < 4.78 is 32.8. The highest BCUT2D eigenvalue weighted by Gasteiger charge is 2.43. The molecule has 0 bridgehead atoms. The molecule has 0 aliphatic carbocycles. The first-order valence-electron chi connectivity index (χ1n) is 9.31. The number of anilines is 1. The van der Waals surface area contributed by atoms with E-state index in [4.69, 9.17) is 27.9 Å². The van der Waals surface area contributed by atoms with Crippen molar-refractivity contribution < 1.29 is 17.9 Å². The zero-order valence-corrected chi connectivity index (χ0v) is 18.8. The number of carbonyl (C=O) groups is 1. The van der Waals surface area contributed by atoms with E-state index in [1.54, 1.807) is 31.4 Å². The van der Waals surface area contributed by atoms with Gasteiger partial charge in [0.15, 0.2) is 0 Å². The van der Waals surface area contributed by atoms with E-state index in [-0.39, 0.29) is 33.7 Å². The van der Waals surface area contributed by atoms with Crippen LogP contribution in [-0.4, -0.2) is 25.9 Å². The van der Waals surface area contributed by atoms with Crippen molar-refractivity contribution in [1.29, 1.82) is 0 Å². The lowest BCUT2D eigenvalue weighted by molar-refractivity contribution is 0.226. The van der Waals surface area contributed by atoms with Gasteiger partial charge in [-0.2, -0.15) is 0 Å². The highest BCUT2D eigenvalue weighted by molar-refractivity contribution is 7.90. The van der Waals surface area contributed by atoms with Crippen molar-refractivity contribution in [3.63, 3.8) is 0 Å². The minimum absolute atomic E-state index is 0.0345. The van der Waals surface area contributed by atoms with Crippen LogP contribution in [0.3, 0.4) is 0 Å². The van der Waals surface area contributed by atoms with Gasteiger partial charge >= 0.3 is 6.03 Å². The summed E-state index contributed by atoms with van der Waals surface area (Å²) in [6.45, 7) is 0.0207. The van der Waals surface area contributed by atoms with Gasteiger partial charge in [-0.05, 0) is 35.4 Å². The molecule has 0 unspecified atom stereocenters. The Morgan fingerprint density at radius 2 is 1.55 bits per heavy atom. The maximum Gasteiger partial charge on any atom is 0.339 e. The molecule has 2 amide bonds. The summed E-state index contributed by atoms with van der Waals surface area (Å²) in [5.41, 5.74) is 1.63. The molecule has 0 radical (unpaired) electrons. The molecule has 1 aliphatic heterocycles. The third-order valence-electron chi connectivity index (χ3n) is 4.94. The van der Waals surface area contributed by atoms with Crippen LogP contribution in [0.4, 0.5) is 10.5 Å². The molecule has 3 aromatic carbocycles. The van der Waals surface area contributed by atoms with Crippen LogP contribution in [0.2, 0.25) is 10.0 Å². The molecule has 0 saturated heterocycles. The van der Waals surface area contributed by atoms with Gasteiger partial charge in [0.05, 0.1) is 30.9 Å². The lowest BCUT2D eigenvalue weighted by atomic mass is 10.2. The lowest BCUT2D eigenvalue weighted by Gasteiger charge is -2.37. The topological polar surface area (TPSA) is 66.9 Å². The maximum absolute atomic E-state index is 13.4. The predicted octanol–water partition coefficient (Wildman–Crippen LogP) is 5.33. The summed E-state index contributed by atoms with van der Waals surface area (Å²) in [6, 6.07) is 18.2. The fraction of sp³-hybridized carbons (Fsp3) is 0.136. The summed E-state index contributed by atoms with van der Waals surface area (Å²) in [7, 11) is -2.66. The van der Waals surface area contributed by atoms with Gasteiger partial charge in [0.1, 0.15) is 10.6 Å². The predicted molar refractivity (Wildman–Crippen MR) is 120 cm³/mol. The number of nitrogens with zero attached hydrogens (tertiary/aromatic N) is 2. The zero-order chi connectivity index (χ0) is 22.2. The summed E-state index contributed by atoms with van der Waals surface area (Å²) in [4.78, 5) is 14.7. The van der Waals surface area contributed by atoms with Crippen LogP contribution in [0.15, 0.2) is 71.6 Å². The highest BCUT2D eigenvalue weighted by atomic mass is 35.5. The summed E-state index contributed by atoms with van der Waals surface area (Å²) in [5.74, 6) is 0.630. The number of sulfonamides is 1. The molecular weight excluding hydrogens is 459 g/mol. The smallest absolute Gasteiger partial charge is 0.339 e. The number of urea groups is 1. The van der Waals surface area contributed by atoms with E-state index in [1.165, 1.54) is 17.0 Å². The van der Waals surface area contributed by atoms with E-state index in [0.717, 1.165) is 9.87 Å². The number of rotatable bonds is 5. The molecule has 31 heavy (non-hydrogen) atoms. The maximum atomic E-state index is 13.4. The number of amides is 2. The molecule has 0 atom stereocenters. The van der Waals surface area contributed by atoms with E-state index in [0.29, 0.717) is 11.3 Å². The number of halogens is 2. The van der Waals surface area contributed by atoms with Crippen LogP contribution in [0.25, 0.3) is 0 Å². The average Bonchev–Trinajstić information content (AvgIpc) is 2.74. The molecule has 160 valence electrons. The molecule has 0 aromatic heterocycles. The number of methoxy groups -OCH3 is 1. The van der Waals surface area contributed by atoms with E-state index >= 15 is 0 Å². The SMILES string of the molecule is COc1ccc(CN2C(=O)N(Cc3ccccc3)c3cc(Cl)cc(Cl)c3S2(=O)=O)cc1. The lowest BCUT2D eigenvalue weighted by Crippen LogP contribution is -2.50. The van der Waals surface area contributed by atoms with Crippen molar-refractivity contribution in [2.24, 2.45) is 0 Å². The second kappa shape index (κ2) is 8.42. The Bertz CT molecular complexity index is 1230. The van der Waals surface area contributed by atoms with Crippen molar-refractivity contribution in [3.05, 3.63) is 87.9 Å². The summed E-state index contributed by atoms with van der Waals surface area (Å²) in [5, 5.41) is 0.209. The van der Waals surface area contributed by atoms with Crippen molar-refractivity contribution in [2.45, 2.75) is 18.0 Å². The van der Waals surface area contributed by atoms with Crippen molar-refractivity contribution in [3.8, 4) is 5.75 Å². The van der Waals surface area contributed by atoms with Crippen molar-refractivity contribution in [1.82, 2.24) is 4.31 Å². The second-order valence-corrected chi connectivity index (χ2v) is 9.59. The van der Waals surface area contributed by atoms with Crippen LogP contribution in [0.1, 0.15) is 11.1 Å². The van der Waals surface area contributed by atoms with Crippen LogP contribution in [0.5, 0.6) is 5.75 Å². The molecule has 4 rings (SSSR count). The third-order valence-corrected chi connectivity index (χ3v) is 7.38. The Hall–Kier alpha value is -2.74. The van der Waals surface area contributed by atoms with Gasteiger partial charge in [-0.15, -0.1) is 0 Å². The standard InChI is InChI=1S/C22H18Cl2N2O4S/c1-30-18-9-7-16(8-10-18)14-26-22(27)25(13-15-5-3-2-4-6-15)20-12-17(23)11-19(24)21(20)31(26,28)29/h2-12H,13-14H2,1H3. The minimum Gasteiger partial charge on any atom is -0.497 e. The third kappa shape index (κ3) is 4.08. The first-order valence-corrected chi connectivity index (χ1v) is 11.5. The molecule has 9 heteroatoms. The van der Waals surface area contributed by atoms with Gasteiger partial charge < -0.3 is 4.74 Å². The molecule has 0 spiro atoms. The van der Waals surface area contributed by atoms with Gasteiger partial charge in [0.2, 0.25) is 0 Å². The van der Waals surface area contributed by atoms with Gasteiger partial charge in [-0.3, -0.25) is 4.90 Å². The van der Waals surface area contributed by atoms with E-state index in [9.17, 15) is 13.2 Å². The number of carbonyl (C=O) groups excluding carboxylic acids is 1. The Balaban J connectivity index is 1.81. The van der Waals surface area contributed by atoms with Crippen LogP contribution in [0, 0.1) is 0 Å². The highest BCUT2D eigenvalue weighted by Crippen LogP contribution is 2.42. The number of hydrogen-bond acceptors (Lipinski definition) is 4. The van der Waals surface area contributed by atoms with Crippen LogP contribution >= 0.6 is 23.2 Å². The van der Waals surface area contributed by atoms with Crippen molar-refractivity contribution >= 4 is 44.9 Å². The van der Waals surface area contributed by atoms with Crippen molar-refractivity contribution in [2.75, 3.05) is 12.0 Å². The normalized spacial score (nSPS) is 15.0. The Labute approximate surface area is 190 Å². The minimum atomic E-state index is -4.20. The van der Waals surface area contributed by atoms with Gasteiger partial charge in [0, 0.05) is 5.02 Å². The largest absolute Gasteiger partial charge is 0.497 e. The summed E-state index contributed by atoms with van der Waals surface area (Å²) in [6.07, 6.45) is 0. The monoisotopic (exact) mass is 476 g/mol. The molecule has 0 N–H and O–H groups in total. The van der Waals surface area contributed by atoms with E-state index in [2.05, 4.69) is 0 Å². The van der Waals surface area contributed by atoms with Gasteiger partial charge in [0.25, 0.3) is 10.0 Å². The van der Waals surface area contributed by atoms with Gasteiger partial charge in [-0.1, -0.05) is 65.7 Å². The number of benzene rings is 3.